The quantitative estimate of drug-likeness (QED) is 0.389. The Balaban J connectivity index is 2.23. The molecule has 5 nitrogen and oxygen atoms in total. The van der Waals surface area contributed by atoms with Gasteiger partial charge in [0.25, 0.3) is 0 Å². The van der Waals surface area contributed by atoms with Gasteiger partial charge in [-0.25, -0.2) is 0 Å². The Morgan fingerprint density at radius 3 is 1.38 bits per heavy atom. The van der Waals surface area contributed by atoms with Gasteiger partial charge in [0.05, 0.1) is 27.4 Å². The molecule has 2 unspecified atom stereocenters. The number of rotatable bonds is 12. The van der Waals surface area contributed by atoms with Crippen LogP contribution in [0.2, 0.25) is 0 Å². The molecular formula is C27H38O5. The number of hydrogen-bond donors (Lipinski definition) is 0. The van der Waals surface area contributed by atoms with E-state index in [0.717, 1.165) is 22.6 Å². The number of hydrogen-bond acceptors (Lipinski definition) is 5. The van der Waals surface area contributed by atoms with Crippen molar-refractivity contribution in [3.05, 3.63) is 47.5 Å². The van der Waals surface area contributed by atoms with Crippen LogP contribution in [0.1, 0.15) is 64.5 Å². The van der Waals surface area contributed by atoms with E-state index in [4.69, 9.17) is 18.9 Å². The molecule has 0 spiro atoms. The van der Waals surface area contributed by atoms with Gasteiger partial charge in [0, 0.05) is 35.1 Å². The van der Waals surface area contributed by atoms with Gasteiger partial charge in [0.2, 0.25) is 0 Å². The van der Waals surface area contributed by atoms with E-state index in [-0.39, 0.29) is 17.6 Å². The van der Waals surface area contributed by atoms with Gasteiger partial charge < -0.3 is 18.9 Å². The lowest BCUT2D eigenvalue weighted by molar-refractivity contribution is -0.121. The lowest BCUT2D eigenvalue weighted by atomic mass is 9.85. The third-order valence-electron chi connectivity index (χ3n) is 5.36. The summed E-state index contributed by atoms with van der Waals surface area (Å²) in [4.78, 5) is 13.4. The standard InChI is InChI=1S/C27H38O5/c1-17(2)15-31-21-9-11-23(25(13-21)29-7)19(5)27(28)20(6)24-12-10-22(14-26(24)30-8)32-16-18(3)4/h9-14,17-20H,15-16H2,1-8H3. The van der Waals surface area contributed by atoms with Crippen molar-refractivity contribution in [1.29, 1.82) is 0 Å². The molecule has 0 saturated carbocycles. The van der Waals surface area contributed by atoms with Crippen LogP contribution in [-0.2, 0) is 4.79 Å². The highest BCUT2D eigenvalue weighted by Crippen LogP contribution is 2.37. The fraction of sp³-hybridized carbons (Fsp3) is 0.519. The van der Waals surface area contributed by atoms with E-state index >= 15 is 0 Å². The lowest BCUT2D eigenvalue weighted by Gasteiger charge is -2.21. The van der Waals surface area contributed by atoms with Crippen LogP contribution >= 0.6 is 0 Å². The first kappa shape index (κ1) is 25.6. The summed E-state index contributed by atoms with van der Waals surface area (Å²) < 4.78 is 22.8. The van der Waals surface area contributed by atoms with Crippen LogP contribution in [-0.4, -0.2) is 33.2 Å². The second kappa shape index (κ2) is 11.8. The van der Waals surface area contributed by atoms with Gasteiger partial charge >= 0.3 is 0 Å². The number of carbonyl (C=O) groups is 1. The van der Waals surface area contributed by atoms with Crippen molar-refractivity contribution in [2.75, 3.05) is 27.4 Å². The number of ketones is 1. The van der Waals surface area contributed by atoms with Crippen molar-refractivity contribution >= 4 is 5.78 Å². The maximum Gasteiger partial charge on any atom is 0.147 e. The third-order valence-corrected chi connectivity index (χ3v) is 5.36. The summed E-state index contributed by atoms with van der Waals surface area (Å²) in [6.45, 7) is 13.5. The molecule has 0 aliphatic heterocycles. The highest BCUT2D eigenvalue weighted by atomic mass is 16.5. The predicted molar refractivity (Wildman–Crippen MR) is 128 cm³/mol. The van der Waals surface area contributed by atoms with Gasteiger partial charge in [0.15, 0.2) is 0 Å². The minimum atomic E-state index is -0.347. The van der Waals surface area contributed by atoms with Crippen LogP contribution < -0.4 is 18.9 Å². The first-order chi connectivity index (χ1) is 15.2. The van der Waals surface area contributed by atoms with E-state index in [0.29, 0.717) is 36.5 Å². The highest BCUT2D eigenvalue weighted by Gasteiger charge is 2.27. The molecule has 0 aliphatic carbocycles. The number of carbonyl (C=O) groups excluding carboxylic acids is 1. The molecule has 2 rings (SSSR count). The van der Waals surface area contributed by atoms with Crippen LogP contribution in [0.5, 0.6) is 23.0 Å². The molecule has 0 heterocycles. The minimum absolute atomic E-state index is 0.0910. The third kappa shape index (κ3) is 6.65. The molecule has 0 saturated heterocycles. The smallest absolute Gasteiger partial charge is 0.147 e. The van der Waals surface area contributed by atoms with Crippen molar-refractivity contribution in [2.24, 2.45) is 11.8 Å². The molecule has 2 atom stereocenters. The fourth-order valence-corrected chi connectivity index (χ4v) is 3.49. The van der Waals surface area contributed by atoms with Crippen LogP contribution in [0.15, 0.2) is 36.4 Å². The van der Waals surface area contributed by atoms with Gasteiger partial charge in [-0.1, -0.05) is 53.7 Å². The summed E-state index contributed by atoms with van der Waals surface area (Å²) in [5.41, 5.74) is 1.69. The zero-order chi connectivity index (χ0) is 23.8. The molecule has 0 bridgehead atoms. The second-order valence-corrected chi connectivity index (χ2v) is 9.06. The highest BCUT2D eigenvalue weighted by molar-refractivity contribution is 5.92. The Morgan fingerprint density at radius 1 is 0.688 bits per heavy atom. The van der Waals surface area contributed by atoms with Crippen molar-refractivity contribution in [3.8, 4) is 23.0 Å². The summed E-state index contributed by atoms with van der Waals surface area (Å²) in [6, 6.07) is 11.3. The zero-order valence-electron chi connectivity index (χ0n) is 20.7. The van der Waals surface area contributed by atoms with Crippen molar-refractivity contribution in [2.45, 2.75) is 53.4 Å². The molecule has 0 radical (unpaired) electrons. The van der Waals surface area contributed by atoms with Crippen molar-refractivity contribution < 1.29 is 23.7 Å². The second-order valence-electron chi connectivity index (χ2n) is 9.06. The topological polar surface area (TPSA) is 54.0 Å². The Kier molecular flexibility index (Phi) is 9.42. The first-order valence-corrected chi connectivity index (χ1v) is 11.3. The molecule has 32 heavy (non-hydrogen) atoms. The van der Waals surface area contributed by atoms with Gasteiger partial charge in [-0.15, -0.1) is 0 Å². The normalized spacial score (nSPS) is 13.1. The largest absolute Gasteiger partial charge is 0.496 e. The van der Waals surface area contributed by atoms with Crippen LogP contribution in [0.4, 0.5) is 0 Å². The van der Waals surface area contributed by atoms with Gasteiger partial charge in [-0.2, -0.15) is 0 Å². The van der Waals surface area contributed by atoms with E-state index in [1.54, 1.807) is 14.2 Å². The van der Waals surface area contributed by atoms with E-state index in [1.165, 1.54) is 0 Å². The molecule has 5 heteroatoms. The summed E-state index contributed by atoms with van der Waals surface area (Å²) in [5, 5.41) is 0. The Bertz CT molecular complexity index is 816. The number of benzene rings is 2. The lowest BCUT2D eigenvalue weighted by Crippen LogP contribution is -2.18. The first-order valence-electron chi connectivity index (χ1n) is 11.3. The SMILES string of the molecule is COc1cc(OCC(C)C)ccc1C(C)C(=O)C(C)c1ccc(OCC(C)C)cc1OC. The molecule has 2 aromatic rings. The Labute approximate surface area is 193 Å². The molecule has 0 amide bonds. The molecule has 2 aromatic carbocycles. The predicted octanol–water partition coefficient (Wildman–Crippen LogP) is 6.25. The monoisotopic (exact) mass is 442 g/mol. The average Bonchev–Trinajstić information content (AvgIpc) is 2.79. The summed E-state index contributed by atoms with van der Waals surface area (Å²) in [6.07, 6.45) is 0. The Morgan fingerprint density at radius 2 is 1.06 bits per heavy atom. The van der Waals surface area contributed by atoms with Gasteiger partial charge in [0.1, 0.15) is 28.8 Å². The zero-order valence-corrected chi connectivity index (χ0v) is 20.7. The maximum atomic E-state index is 13.4. The summed E-state index contributed by atoms with van der Waals surface area (Å²) in [7, 11) is 3.23. The van der Waals surface area contributed by atoms with Crippen LogP contribution in [0.3, 0.4) is 0 Å². The van der Waals surface area contributed by atoms with E-state index in [9.17, 15) is 4.79 Å². The van der Waals surface area contributed by atoms with Crippen LogP contribution in [0, 0.1) is 11.8 Å². The molecule has 0 fully saturated rings. The van der Waals surface area contributed by atoms with Crippen molar-refractivity contribution in [1.82, 2.24) is 0 Å². The van der Waals surface area contributed by atoms with Gasteiger partial charge in [-0.3, -0.25) is 4.79 Å². The van der Waals surface area contributed by atoms with Crippen LogP contribution in [0.25, 0.3) is 0 Å². The van der Waals surface area contributed by atoms with E-state index in [1.807, 2.05) is 50.2 Å². The number of Topliss-reactive ketones (excluding diaryl/α,β-unsaturated/α-hetero) is 1. The van der Waals surface area contributed by atoms with Crippen molar-refractivity contribution in [3.63, 3.8) is 0 Å². The Hall–Kier alpha value is -2.69. The summed E-state index contributed by atoms with van der Waals surface area (Å²) in [5.74, 6) is 3.05. The number of ether oxygens (including phenoxy) is 4. The average molecular weight is 443 g/mol. The maximum absolute atomic E-state index is 13.4. The molecular weight excluding hydrogens is 404 g/mol. The molecule has 176 valence electrons. The van der Waals surface area contributed by atoms with Gasteiger partial charge in [-0.05, 0) is 24.0 Å². The number of methoxy groups -OCH3 is 2. The molecule has 0 N–H and O–H groups in total. The van der Waals surface area contributed by atoms with E-state index in [2.05, 4.69) is 27.7 Å². The molecule has 0 aliphatic rings. The van der Waals surface area contributed by atoms with E-state index < -0.39 is 0 Å². The fourth-order valence-electron chi connectivity index (χ4n) is 3.49. The molecule has 0 aromatic heterocycles. The minimum Gasteiger partial charge on any atom is -0.496 e. The summed E-state index contributed by atoms with van der Waals surface area (Å²) >= 11 is 0.